The van der Waals surface area contributed by atoms with Crippen LogP contribution in [0.25, 0.3) is 0 Å². The molecule has 7 heteroatoms. The zero-order chi connectivity index (χ0) is 16.8. The Hall–Kier alpha value is -2.57. The van der Waals surface area contributed by atoms with E-state index in [1.54, 1.807) is 0 Å². The summed E-state index contributed by atoms with van der Waals surface area (Å²) >= 11 is 7.52. The lowest BCUT2D eigenvalue weighted by Crippen LogP contribution is -2.13. The quantitative estimate of drug-likeness (QED) is 0.659. The van der Waals surface area contributed by atoms with Crippen LogP contribution in [-0.2, 0) is 0 Å². The molecule has 0 atom stereocenters. The summed E-state index contributed by atoms with van der Waals surface area (Å²) in [4.78, 5) is 20.9. The van der Waals surface area contributed by atoms with Crippen molar-refractivity contribution in [1.82, 2.24) is 9.97 Å². The molecule has 0 bridgehead atoms. The van der Waals surface area contributed by atoms with Crippen LogP contribution in [0, 0.1) is 0 Å². The van der Waals surface area contributed by atoms with Gasteiger partial charge in [-0.2, -0.15) is 0 Å². The molecule has 0 unspecified atom stereocenters. The van der Waals surface area contributed by atoms with Gasteiger partial charge < -0.3 is 10.0 Å². The first-order chi connectivity index (χ1) is 11.7. The van der Waals surface area contributed by atoms with Crippen molar-refractivity contribution < 1.29 is 4.79 Å². The second kappa shape index (κ2) is 7.81. The summed E-state index contributed by atoms with van der Waals surface area (Å²) in [7, 11) is 0. The fourth-order valence-electron chi connectivity index (χ4n) is 1.91. The summed E-state index contributed by atoms with van der Waals surface area (Å²) in [5, 5.41) is 3.45. The third-order valence-electron chi connectivity index (χ3n) is 3.04. The van der Waals surface area contributed by atoms with Crippen LogP contribution in [-0.4, -0.2) is 15.9 Å². The van der Waals surface area contributed by atoms with Crippen molar-refractivity contribution in [3.05, 3.63) is 77.8 Å². The van der Waals surface area contributed by atoms with Gasteiger partial charge in [0, 0.05) is 23.0 Å². The molecule has 5 nitrogen and oxygen atoms in total. The molecule has 120 valence electrons. The Morgan fingerprint density at radius 2 is 1.96 bits per heavy atom. The van der Waals surface area contributed by atoms with Gasteiger partial charge in [-0.15, -0.1) is 0 Å². The van der Waals surface area contributed by atoms with E-state index in [1.807, 2.05) is 48.5 Å². The zero-order valence-electron chi connectivity index (χ0n) is 12.4. The van der Waals surface area contributed by atoms with Crippen molar-refractivity contribution in [2.75, 3.05) is 10.0 Å². The van der Waals surface area contributed by atoms with Crippen molar-refractivity contribution in [1.29, 1.82) is 0 Å². The van der Waals surface area contributed by atoms with E-state index in [2.05, 4.69) is 20.0 Å². The number of halogens is 1. The fourth-order valence-corrected chi connectivity index (χ4v) is 2.88. The number of benzene rings is 2. The molecule has 1 heterocycles. The molecule has 1 aromatic heterocycles. The van der Waals surface area contributed by atoms with Gasteiger partial charge in [-0.25, -0.2) is 4.98 Å². The monoisotopic (exact) mass is 356 g/mol. The maximum Gasteiger partial charge on any atom is 0.275 e. The van der Waals surface area contributed by atoms with Crippen LogP contribution in [0.2, 0.25) is 5.02 Å². The normalized spacial score (nSPS) is 10.2. The number of para-hydroxylation sites is 1. The lowest BCUT2D eigenvalue weighted by atomic mass is 10.3. The molecule has 1 amide bonds. The van der Waals surface area contributed by atoms with Crippen LogP contribution in [0.15, 0.2) is 72.0 Å². The number of anilines is 2. The van der Waals surface area contributed by atoms with Gasteiger partial charge in [-0.05, 0) is 42.3 Å². The lowest BCUT2D eigenvalue weighted by molar-refractivity contribution is 0.102. The minimum atomic E-state index is -0.302. The Kier molecular flexibility index (Phi) is 5.30. The van der Waals surface area contributed by atoms with Gasteiger partial charge in [0.25, 0.3) is 5.91 Å². The molecule has 3 aromatic rings. The van der Waals surface area contributed by atoms with E-state index in [0.29, 0.717) is 10.7 Å². The number of hydrogen-bond donors (Lipinski definition) is 2. The molecule has 0 fully saturated rings. The van der Waals surface area contributed by atoms with Gasteiger partial charge in [0.15, 0.2) is 0 Å². The van der Waals surface area contributed by atoms with E-state index in [4.69, 9.17) is 11.6 Å². The Morgan fingerprint density at radius 1 is 1.08 bits per heavy atom. The topological polar surface area (TPSA) is 66.9 Å². The maximum absolute atomic E-state index is 12.1. The van der Waals surface area contributed by atoms with Gasteiger partial charge in [0.2, 0.25) is 0 Å². The third-order valence-corrected chi connectivity index (χ3v) is 4.18. The molecule has 0 aliphatic rings. The number of amides is 1. The largest absolute Gasteiger partial charge is 0.324 e. The highest BCUT2D eigenvalue weighted by molar-refractivity contribution is 8.00. The Bertz CT molecular complexity index is 845. The Morgan fingerprint density at radius 3 is 2.75 bits per heavy atom. The second-order valence-corrected chi connectivity index (χ2v) is 6.04. The third kappa shape index (κ3) is 4.24. The summed E-state index contributed by atoms with van der Waals surface area (Å²) in [5.74, 6) is -0.302. The van der Waals surface area contributed by atoms with Crippen LogP contribution >= 0.6 is 23.5 Å². The average molecular weight is 357 g/mol. The molecule has 24 heavy (non-hydrogen) atoms. The van der Waals surface area contributed by atoms with Gasteiger partial charge in [0.05, 0.1) is 16.9 Å². The summed E-state index contributed by atoms with van der Waals surface area (Å²) in [5.41, 5.74) is 1.78. The minimum Gasteiger partial charge on any atom is -0.324 e. The second-order valence-electron chi connectivity index (χ2n) is 4.76. The van der Waals surface area contributed by atoms with Gasteiger partial charge >= 0.3 is 0 Å². The van der Waals surface area contributed by atoms with Gasteiger partial charge in [-0.3, -0.25) is 9.78 Å². The van der Waals surface area contributed by atoms with Crippen LogP contribution in [0.5, 0.6) is 0 Å². The number of nitrogens with one attached hydrogen (secondary N) is 2. The molecular weight excluding hydrogens is 344 g/mol. The van der Waals surface area contributed by atoms with Gasteiger partial charge in [0.1, 0.15) is 5.69 Å². The van der Waals surface area contributed by atoms with Crippen molar-refractivity contribution in [3.8, 4) is 0 Å². The van der Waals surface area contributed by atoms with Crippen molar-refractivity contribution in [2.45, 2.75) is 4.90 Å². The predicted octanol–water partition coefficient (Wildman–Crippen LogP) is 4.50. The fraction of sp³-hybridized carbons (Fsp3) is 0. The van der Waals surface area contributed by atoms with E-state index < -0.39 is 0 Å². The highest BCUT2D eigenvalue weighted by Gasteiger charge is 2.08. The van der Waals surface area contributed by atoms with E-state index in [1.165, 1.54) is 30.5 Å². The lowest BCUT2D eigenvalue weighted by Gasteiger charge is -2.09. The van der Waals surface area contributed by atoms with Crippen molar-refractivity contribution in [3.63, 3.8) is 0 Å². The standard InChI is InChI=1S/C17H13ClN4OS/c18-14-6-1-2-7-15(14)22-24-13-5-3-4-12(10-13)21-17(23)16-11-19-8-9-20-16/h1-11,22H,(H,21,23). The minimum absolute atomic E-state index is 0.268. The van der Waals surface area contributed by atoms with E-state index in [0.717, 1.165) is 10.6 Å². The van der Waals surface area contributed by atoms with E-state index in [9.17, 15) is 4.79 Å². The predicted molar refractivity (Wildman–Crippen MR) is 97.4 cm³/mol. The van der Waals surface area contributed by atoms with Crippen LogP contribution in [0.4, 0.5) is 11.4 Å². The SMILES string of the molecule is O=C(Nc1cccc(SNc2ccccc2Cl)c1)c1cnccn1. The van der Waals surface area contributed by atoms with Crippen LogP contribution in [0.3, 0.4) is 0 Å². The number of carbonyl (C=O) groups is 1. The first-order valence-electron chi connectivity index (χ1n) is 7.07. The molecule has 2 N–H and O–H groups in total. The number of aromatic nitrogens is 2. The highest BCUT2D eigenvalue weighted by atomic mass is 35.5. The number of rotatable bonds is 5. The summed E-state index contributed by atoms with van der Waals surface area (Å²) in [6, 6.07) is 15.0. The smallest absolute Gasteiger partial charge is 0.275 e. The number of carbonyl (C=O) groups excluding carboxylic acids is 1. The zero-order valence-corrected chi connectivity index (χ0v) is 14.0. The van der Waals surface area contributed by atoms with Gasteiger partial charge in [-0.1, -0.05) is 29.8 Å². The summed E-state index contributed by atoms with van der Waals surface area (Å²) in [6.45, 7) is 0. The highest BCUT2D eigenvalue weighted by Crippen LogP contribution is 2.28. The molecule has 0 saturated carbocycles. The summed E-state index contributed by atoms with van der Waals surface area (Å²) < 4.78 is 3.19. The average Bonchev–Trinajstić information content (AvgIpc) is 2.62. The Balaban J connectivity index is 1.66. The van der Waals surface area contributed by atoms with Crippen LogP contribution < -0.4 is 10.0 Å². The molecule has 0 aliphatic heterocycles. The first-order valence-corrected chi connectivity index (χ1v) is 8.26. The molecule has 0 radical (unpaired) electrons. The van der Waals surface area contributed by atoms with Crippen LogP contribution in [0.1, 0.15) is 10.5 Å². The number of hydrogen-bond acceptors (Lipinski definition) is 5. The van der Waals surface area contributed by atoms with E-state index in [-0.39, 0.29) is 11.6 Å². The van der Waals surface area contributed by atoms with Crippen molar-refractivity contribution >= 4 is 40.8 Å². The number of nitrogens with zero attached hydrogens (tertiary/aromatic N) is 2. The Labute approximate surface area is 148 Å². The molecule has 0 spiro atoms. The molecular formula is C17H13ClN4OS. The van der Waals surface area contributed by atoms with E-state index >= 15 is 0 Å². The first kappa shape index (κ1) is 16.3. The maximum atomic E-state index is 12.1. The van der Waals surface area contributed by atoms with Crippen molar-refractivity contribution in [2.24, 2.45) is 0 Å². The molecule has 2 aromatic carbocycles. The molecule has 3 rings (SSSR count). The summed E-state index contributed by atoms with van der Waals surface area (Å²) in [6.07, 6.45) is 4.43. The molecule has 0 saturated heterocycles. The molecule has 0 aliphatic carbocycles.